The molecule has 0 saturated carbocycles. The van der Waals surface area contributed by atoms with Gasteiger partial charge in [-0.3, -0.25) is 9.89 Å². The zero-order valence-corrected chi connectivity index (χ0v) is 12.3. The van der Waals surface area contributed by atoms with Gasteiger partial charge >= 0.3 is 0 Å². The fraction of sp³-hybridized carbons (Fsp3) is 0.923. The topological polar surface area (TPSA) is 56.9 Å². The lowest BCUT2D eigenvalue weighted by Crippen LogP contribution is -2.51. The third-order valence-corrected chi connectivity index (χ3v) is 3.37. The average Bonchev–Trinajstić information content (AvgIpc) is 2.34. The third kappa shape index (κ3) is 5.69. The maximum atomic E-state index is 5.83. The van der Waals surface area contributed by atoms with Crippen molar-refractivity contribution in [2.45, 2.75) is 26.8 Å². The van der Waals surface area contributed by atoms with Crippen molar-refractivity contribution in [1.29, 1.82) is 0 Å². The molecule has 0 aromatic heterocycles. The molecule has 1 aliphatic heterocycles. The van der Waals surface area contributed by atoms with Crippen LogP contribution in [0.2, 0.25) is 0 Å². The van der Waals surface area contributed by atoms with E-state index in [1.807, 2.05) is 0 Å². The standard InChI is InChI=1S/C13H29N5/c1-11(2)9-15-13(14)16-10-12(3)18-7-5-17(4)6-8-18/h11-12H,5-10H2,1-4H3,(H3,14,15,16). The van der Waals surface area contributed by atoms with Crippen LogP contribution in [-0.2, 0) is 0 Å². The Hall–Kier alpha value is -0.810. The summed E-state index contributed by atoms with van der Waals surface area (Å²) in [5, 5.41) is 3.22. The zero-order chi connectivity index (χ0) is 13.5. The predicted octanol–water partition coefficient (Wildman–Crippen LogP) is 0.183. The molecular formula is C13H29N5. The number of piperazine rings is 1. The molecule has 0 radical (unpaired) electrons. The Morgan fingerprint density at radius 3 is 2.39 bits per heavy atom. The Kier molecular flexibility index (Phi) is 6.43. The van der Waals surface area contributed by atoms with Gasteiger partial charge in [-0.25, -0.2) is 0 Å². The van der Waals surface area contributed by atoms with Gasteiger partial charge in [0.2, 0.25) is 0 Å². The van der Waals surface area contributed by atoms with E-state index in [0.29, 0.717) is 17.9 Å². The number of hydrogen-bond donors (Lipinski definition) is 2. The lowest BCUT2D eigenvalue weighted by atomic mass is 10.2. The second-order valence-corrected chi connectivity index (χ2v) is 5.69. The molecule has 1 heterocycles. The van der Waals surface area contributed by atoms with E-state index in [4.69, 9.17) is 5.73 Å². The summed E-state index contributed by atoms with van der Waals surface area (Å²) in [5.41, 5.74) is 5.83. The molecule has 1 fully saturated rings. The van der Waals surface area contributed by atoms with Crippen molar-refractivity contribution in [2.75, 3.05) is 46.3 Å². The van der Waals surface area contributed by atoms with Crippen molar-refractivity contribution in [3.8, 4) is 0 Å². The summed E-state index contributed by atoms with van der Waals surface area (Å²) < 4.78 is 0. The predicted molar refractivity (Wildman–Crippen MR) is 77.9 cm³/mol. The van der Waals surface area contributed by atoms with E-state index in [1.54, 1.807) is 0 Å². The van der Waals surface area contributed by atoms with Crippen LogP contribution in [0.1, 0.15) is 20.8 Å². The summed E-state index contributed by atoms with van der Waals surface area (Å²) in [6.07, 6.45) is 0. The maximum absolute atomic E-state index is 5.83. The van der Waals surface area contributed by atoms with Gasteiger partial charge in [-0.2, -0.15) is 0 Å². The van der Waals surface area contributed by atoms with Crippen molar-refractivity contribution in [1.82, 2.24) is 15.1 Å². The number of nitrogens with zero attached hydrogens (tertiary/aromatic N) is 3. The van der Waals surface area contributed by atoms with E-state index >= 15 is 0 Å². The van der Waals surface area contributed by atoms with Crippen LogP contribution >= 0.6 is 0 Å². The fourth-order valence-electron chi connectivity index (χ4n) is 1.98. The summed E-state index contributed by atoms with van der Waals surface area (Å²) in [4.78, 5) is 9.18. The molecule has 0 amide bonds. The molecule has 1 saturated heterocycles. The molecule has 0 bridgehead atoms. The van der Waals surface area contributed by atoms with E-state index in [0.717, 1.165) is 39.3 Å². The second-order valence-electron chi connectivity index (χ2n) is 5.69. The van der Waals surface area contributed by atoms with Crippen LogP contribution in [0, 0.1) is 5.92 Å². The van der Waals surface area contributed by atoms with Crippen molar-refractivity contribution in [3.63, 3.8) is 0 Å². The molecule has 106 valence electrons. The Morgan fingerprint density at radius 2 is 1.83 bits per heavy atom. The molecule has 1 atom stereocenters. The number of nitrogens with two attached hydrogens (primary N) is 1. The number of nitrogens with one attached hydrogen (secondary N) is 1. The maximum Gasteiger partial charge on any atom is 0.188 e. The third-order valence-electron chi connectivity index (χ3n) is 3.37. The van der Waals surface area contributed by atoms with Gasteiger partial charge in [-0.15, -0.1) is 0 Å². The second kappa shape index (κ2) is 7.59. The first-order valence-corrected chi connectivity index (χ1v) is 6.95. The number of aliphatic imine (C=N–C) groups is 1. The summed E-state index contributed by atoms with van der Waals surface area (Å²) in [5.74, 6) is 1.13. The normalized spacial score (nSPS) is 21.3. The van der Waals surface area contributed by atoms with Gasteiger partial charge in [0.05, 0.1) is 0 Å². The molecule has 3 N–H and O–H groups in total. The number of rotatable bonds is 5. The molecule has 18 heavy (non-hydrogen) atoms. The van der Waals surface area contributed by atoms with Gasteiger partial charge < -0.3 is 16.0 Å². The lowest BCUT2D eigenvalue weighted by Gasteiger charge is -2.36. The first kappa shape index (κ1) is 15.2. The van der Waals surface area contributed by atoms with Crippen LogP contribution < -0.4 is 11.1 Å². The molecule has 0 aliphatic carbocycles. The van der Waals surface area contributed by atoms with Crippen LogP contribution in [0.4, 0.5) is 0 Å². The van der Waals surface area contributed by atoms with Crippen LogP contribution in [0.5, 0.6) is 0 Å². The SMILES string of the molecule is CC(C)CN=C(N)NCC(C)N1CCN(C)CC1. The average molecular weight is 255 g/mol. The minimum atomic E-state index is 0.506. The minimum Gasteiger partial charge on any atom is -0.370 e. The van der Waals surface area contributed by atoms with E-state index in [9.17, 15) is 0 Å². The van der Waals surface area contributed by atoms with Gasteiger partial charge in [0.15, 0.2) is 5.96 Å². The fourth-order valence-corrected chi connectivity index (χ4v) is 1.98. The summed E-state index contributed by atoms with van der Waals surface area (Å²) in [7, 11) is 2.18. The molecule has 1 rings (SSSR count). The Morgan fingerprint density at radius 1 is 1.22 bits per heavy atom. The molecule has 0 aromatic rings. The largest absolute Gasteiger partial charge is 0.370 e. The van der Waals surface area contributed by atoms with Crippen molar-refractivity contribution < 1.29 is 0 Å². The van der Waals surface area contributed by atoms with Gasteiger partial charge in [0.25, 0.3) is 0 Å². The van der Waals surface area contributed by atoms with Gasteiger partial charge in [-0.1, -0.05) is 13.8 Å². The minimum absolute atomic E-state index is 0.506. The number of guanidine groups is 1. The van der Waals surface area contributed by atoms with Crippen molar-refractivity contribution in [3.05, 3.63) is 0 Å². The highest BCUT2D eigenvalue weighted by Crippen LogP contribution is 2.03. The molecule has 1 unspecified atom stereocenters. The molecule has 0 aromatic carbocycles. The Labute approximate surface area is 111 Å². The van der Waals surface area contributed by atoms with E-state index in [-0.39, 0.29) is 0 Å². The van der Waals surface area contributed by atoms with Crippen molar-refractivity contribution in [2.24, 2.45) is 16.6 Å². The molecule has 0 spiro atoms. The summed E-state index contributed by atoms with van der Waals surface area (Å²) >= 11 is 0. The molecule has 1 aliphatic rings. The first-order valence-electron chi connectivity index (χ1n) is 6.95. The van der Waals surface area contributed by atoms with E-state index < -0.39 is 0 Å². The van der Waals surface area contributed by atoms with Crippen molar-refractivity contribution >= 4 is 5.96 Å². The zero-order valence-electron chi connectivity index (χ0n) is 12.3. The van der Waals surface area contributed by atoms with Gasteiger partial charge in [0.1, 0.15) is 0 Å². The lowest BCUT2D eigenvalue weighted by molar-refractivity contribution is 0.120. The van der Waals surface area contributed by atoms with Gasteiger partial charge in [-0.05, 0) is 19.9 Å². The van der Waals surface area contributed by atoms with E-state index in [1.165, 1.54) is 0 Å². The monoisotopic (exact) mass is 255 g/mol. The highest BCUT2D eigenvalue weighted by atomic mass is 15.3. The Bertz CT molecular complexity index is 256. The number of likely N-dealkylation sites (N-methyl/N-ethyl adjacent to an activating group) is 1. The van der Waals surface area contributed by atoms with Crippen LogP contribution in [0.25, 0.3) is 0 Å². The first-order chi connectivity index (χ1) is 8.49. The Balaban J connectivity index is 2.23. The van der Waals surface area contributed by atoms with Crippen LogP contribution in [-0.4, -0.2) is 68.1 Å². The van der Waals surface area contributed by atoms with Gasteiger partial charge in [0, 0.05) is 45.3 Å². The molecule has 5 nitrogen and oxygen atoms in total. The quantitative estimate of drug-likeness (QED) is 0.544. The van der Waals surface area contributed by atoms with Crippen LogP contribution in [0.3, 0.4) is 0 Å². The van der Waals surface area contributed by atoms with E-state index in [2.05, 4.69) is 47.9 Å². The molecular weight excluding hydrogens is 226 g/mol. The van der Waals surface area contributed by atoms with Crippen LogP contribution in [0.15, 0.2) is 4.99 Å². The summed E-state index contributed by atoms with van der Waals surface area (Å²) in [6, 6.07) is 0.506. The number of hydrogen-bond acceptors (Lipinski definition) is 3. The summed E-state index contributed by atoms with van der Waals surface area (Å²) in [6.45, 7) is 12.8. The highest BCUT2D eigenvalue weighted by molar-refractivity contribution is 5.77. The highest BCUT2D eigenvalue weighted by Gasteiger charge is 2.18. The smallest absolute Gasteiger partial charge is 0.188 e. The molecule has 5 heteroatoms.